The maximum Gasteiger partial charge on any atom is 0.160 e. The van der Waals surface area contributed by atoms with Crippen LogP contribution in [-0.2, 0) is 4.79 Å². The van der Waals surface area contributed by atoms with E-state index >= 15 is 0 Å². The van der Waals surface area contributed by atoms with E-state index < -0.39 is 0 Å². The number of aliphatic imine (C=N–C) groups is 1. The average molecular weight is 191 g/mol. The van der Waals surface area contributed by atoms with Gasteiger partial charge in [0.15, 0.2) is 5.78 Å². The summed E-state index contributed by atoms with van der Waals surface area (Å²) in [5, 5.41) is 0. The van der Waals surface area contributed by atoms with Crippen LogP contribution in [0.15, 0.2) is 16.6 Å². The monoisotopic (exact) mass is 191 g/mol. The fourth-order valence-electron chi connectivity index (χ4n) is 2.19. The standard InChI is InChI=1S/C12H17NO/c1-12(2)7-10(13-8-12)9-5-3-4-6-11(9)14/h5,8,10H,3-4,6-7H2,1-2H3. The summed E-state index contributed by atoms with van der Waals surface area (Å²) in [6.45, 7) is 4.34. The quantitative estimate of drug-likeness (QED) is 0.626. The number of allylic oxidation sites excluding steroid dienone is 1. The maximum absolute atomic E-state index is 11.7. The molecule has 76 valence electrons. The van der Waals surface area contributed by atoms with E-state index in [2.05, 4.69) is 24.9 Å². The second-order valence-corrected chi connectivity index (χ2v) is 4.96. The zero-order valence-corrected chi connectivity index (χ0v) is 8.92. The normalized spacial score (nSPS) is 30.6. The van der Waals surface area contributed by atoms with Crippen molar-refractivity contribution < 1.29 is 4.79 Å². The van der Waals surface area contributed by atoms with Gasteiger partial charge in [-0.2, -0.15) is 0 Å². The van der Waals surface area contributed by atoms with Crippen LogP contribution in [0.2, 0.25) is 0 Å². The summed E-state index contributed by atoms with van der Waals surface area (Å²) in [5.74, 6) is 0.316. The Balaban J connectivity index is 2.14. The van der Waals surface area contributed by atoms with E-state index in [4.69, 9.17) is 0 Å². The molecule has 0 N–H and O–H groups in total. The van der Waals surface area contributed by atoms with Crippen molar-refractivity contribution in [3.8, 4) is 0 Å². The van der Waals surface area contributed by atoms with Crippen LogP contribution in [0.5, 0.6) is 0 Å². The summed E-state index contributed by atoms with van der Waals surface area (Å²) in [4.78, 5) is 16.1. The molecule has 14 heavy (non-hydrogen) atoms. The first-order chi connectivity index (χ1) is 6.58. The summed E-state index contributed by atoms with van der Waals surface area (Å²) < 4.78 is 0. The van der Waals surface area contributed by atoms with E-state index in [9.17, 15) is 4.79 Å². The molecule has 0 amide bonds. The first-order valence-electron chi connectivity index (χ1n) is 5.36. The third-order valence-corrected chi connectivity index (χ3v) is 2.98. The Labute approximate surface area is 85.1 Å². The third-order valence-electron chi connectivity index (χ3n) is 2.98. The predicted octanol–water partition coefficient (Wildman–Crippen LogP) is 2.54. The fraction of sp³-hybridized carbons (Fsp3) is 0.667. The fourth-order valence-corrected chi connectivity index (χ4v) is 2.19. The lowest BCUT2D eigenvalue weighted by atomic mass is 9.84. The molecule has 1 aliphatic carbocycles. The molecule has 2 heteroatoms. The molecule has 0 aromatic rings. The Morgan fingerprint density at radius 1 is 1.50 bits per heavy atom. The largest absolute Gasteiger partial charge is 0.294 e. The predicted molar refractivity (Wildman–Crippen MR) is 57.6 cm³/mol. The number of hydrogen-bond acceptors (Lipinski definition) is 2. The number of carbonyl (C=O) groups is 1. The van der Waals surface area contributed by atoms with Gasteiger partial charge in [0.1, 0.15) is 0 Å². The van der Waals surface area contributed by atoms with Crippen molar-refractivity contribution in [2.75, 3.05) is 0 Å². The topological polar surface area (TPSA) is 29.4 Å². The van der Waals surface area contributed by atoms with Gasteiger partial charge in [0, 0.05) is 23.6 Å². The van der Waals surface area contributed by atoms with Crippen LogP contribution in [0.4, 0.5) is 0 Å². The number of rotatable bonds is 1. The molecule has 0 bridgehead atoms. The van der Waals surface area contributed by atoms with Crippen LogP contribution < -0.4 is 0 Å². The van der Waals surface area contributed by atoms with Crippen LogP contribution in [0.3, 0.4) is 0 Å². The van der Waals surface area contributed by atoms with Gasteiger partial charge in [-0.1, -0.05) is 19.9 Å². The third kappa shape index (κ3) is 1.79. The second kappa shape index (κ2) is 3.34. The van der Waals surface area contributed by atoms with Gasteiger partial charge in [0.05, 0.1) is 6.04 Å². The minimum absolute atomic E-state index is 0.151. The highest BCUT2D eigenvalue weighted by atomic mass is 16.1. The maximum atomic E-state index is 11.7. The molecule has 0 aromatic heterocycles. The highest BCUT2D eigenvalue weighted by Crippen LogP contribution is 2.33. The number of Topliss-reactive ketones (excluding diaryl/α,β-unsaturated/α-hetero) is 1. The molecule has 1 unspecified atom stereocenters. The zero-order valence-electron chi connectivity index (χ0n) is 8.92. The number of nitrogens with zero attached hydrogens (tertiary/aromatic N) is 1. The first-order valence-corrected chi connectivity index (χ1v) is 5.36. The van der Waals surface area contributed by atoms with Gasteiger partial charge in [-0.05, 0) is 19.3 Å². The highest BCUT2D eigenvalue weighted by Gasteiger charge is 2.32. The van der Waals surface area contributed by atoms with E-state index in [1.54, 1.807) is 0 Å². The Morgan fingerprint density at radius 2 is 2.29 bits per heavy atom. The van der Waals surface area contributed by atoms with Gasteiger partial charge in [-0.3, -0.25) is 9.79 Å². The summed E-state index contributed by atoms with van der Waals surface area (Å²) in [6, 6.07) is 0.151. The molecule has 1 atom stereocenters. The molecule has 0 saturated heterocycles. The molecule has 0 saturated carbocycles. The van der Waals surface area contributed by atoms with Crippen molar-refractivity contribution in [1.82, 2.24) is 0 Å². The molecule has 0 radical (unpaired) electrons. The summed E-state index contributed by atoms with van der Waals surface area (Å²) in [6.07, 6.45) is 7.87. The van der Waals surface area contributed by atoms with Crippen molar-refractivity contribution in [2.24, 2.45) is 10.4 Å². The number of ketones is 1. The van der Waals surface area contributed by atoms with Gasteiger partial charge in [0.2, 0.25) is 0 Å². The molecule has 1 heterocycles. The molecule has 2 rings (SSSR count). The van der Waals surface area contributed by atoms with Gasteiger partial charge < -0.3 is 0 Å². The van der Waals surface area contributed by atoms with E-state index in [0.717, 1.165) is 31.3 Å². The zero-order chi connectivity index (χ0) is 10.2. The Morgan fingerprint density at radius 3 is 2.86 bits per heavy atom. The molecular weight excluding hydrogens is 174 g/mol. The van der Waals surface area contributed by atoms with Crippen molar-refractivity contribution in [3.63, 3.8) is 0 Å². The second-order valence-electron chi connectivity index (χ2n) is 4.96. The number of hydrogen-bond donors (Lipinski definition) is 0. The van der Waals surface area contributed by atoms with Crippen molar-refractivity contribution in [1.29, 1.82) is 0 Å². The molecule has 2 aliphatic rings. The minimum atomic E-state index is 0.151. The Hall–Kier alpha value is -0.920. The lowest BCUT2D eigenvalue weighted by Crippen LogP contribution is -2.20. The molecular formula is C12H17NO. The lowest BCUT2D eigenvalue weighted by Gasteiger charge is -2.19. The van der Waals surface area contributed by atoms with Crippen molar-refractivity contribution in [2.45, 2.75) is 45.6 Å². The molecule has 1 aliphatic heterocycles. The van der Waals surface area contributed by atoms with Crippen LogP contribution in [0.1, 0.15) is 39.5 Å². The average Bonchev–Trinajstić information content (AvgIpc) is 2.47. The SMILES string of the molecule is CC1(C)C=NC(C2=CCCCC2=O)C1. The molecule has 0 aromatic carbocycles. The molecule has 2 nitrogen and oxygen atoms in total. The highest BCUT2D eigenvalue weighted by molar-refractivity contribution is 5.97. The van der Waals surface area contributed by atoms with Gasteiger partial charge in [0.25, 0.3) is 0 Å². The van der Waals surface area contributed by atoms with Crippen LogP contribution in [0, 0.1) is 5.41 Å². The minimum Gasteiger partial charge on any atom is -0.294 e. The number of carbonyl (C=O) groups excluding carboxylic acids is 1. The Bertz CT molecular complexity index is 312. The lowest BCUT2D eigenvalue weighted by molar-refractivity contribution is -0.116. The summed E-state index contributed by atoms with van der Waals surface area (Å²) in [5.41, 5.74) is 1.14. The summed E-state index contributed by atoms with van der Waals surface area (Å²) >= 11 is 0. The Kier molecular flexibility index (Phi) is 2.30. The van der Waals surface area contributed by atoms with Gasteiger partial charge >= 0.3 is 0 Å². The van der Waals surface area contributed by atoms with Crippen LogP contribution in [-0.4, -0.2) is 18.0 Å². The van der Waals surface area contributed by atoms with Gasteiger partial charge in [-0.15, -0.1) is 0 Å². The van der Waals surface area contributed by atoms with Gasteiger partial charge in [-0.25, -0.2) is 0 Å². The van der Waals surface area contributed by atoms with Crippen molar-refractivity contribution >= 4 is 12.0 Å². The van der Waals surface area contributed by atoms with Crippen molar-refractivity contribution in [3.05, 3.63) is 11.6 Å². The molecule has 0 spiro atoms. The smallest absolute Gasteiger partial charge is 0.160 e. The van der Waals surface area contributed by atoms with E-state index in [1.807, 2.05) is 6.21 Å². The van der Waals surface area contributed by atoms with Crippen LogP contribution in [0.25, 0.3) is 0 Å². The summed E-state index contributed by atoms with van der Waals surface area (Å²) in [7, 11) is 0. The molecule has 0 fully saturated rings. The van der Waals surface area contributed by atoms with E-state index in [-0.39, 0.29) is 11.5 Å². The van der Waals surface area contributed by atoms with E-state index in [1.165, 1.54) is 0 Å². The van der Waals surface area contributed by atoms with E-state index in [0.29, 0.717) is 5.78 Å². The first kappa shape index (κ1) is 9.63. The van der Waals surface area contributed by atoms with Crippen LogP contribution >= 0.6 is 0 Å².